The third kappa shape index (κ3) is 2.15. The van der Waals surface area contributed by atoms with Gasteiger partial charge in [0, 0.05) is 12.7 Å². The molecule has 0 unspecified atom stereocenters. The van der Waals surface area contributed by atoms with E-state index in [1.807, 2.05) is 0 Å². The highest BCUT2D eigenvalue weighted by molar-refractivity contribution is 5.59. The molecule has 1 heterocycles. The van der Waals surface area contributed by atoms with Crippen molar-refractivity contribution in [2.24, 2.45) is 5.92 Å². The van der Waals surface area contributed by atoms with E-state index in [4.69, 9.17) is 0 Å². The minimum Gasteiger partial charge on any atom is -0.379 e. The van der Waals surface area contributed by atoms with E-state index in [-0.39, 0.29) is 0 Å². The van der Waals surface area contributed by atoms with Gasteiger partial charge in [-0.2, -0.15) is 0 Å². The third-order valence-corrected chi connectivity index (χ3v) is 2.40. The zero-order valence-corrected chi connectivity index (χ0v) is 8.03. The van der Waals surface area contributed by atoms with Crippen LogP contribution in [0.25, 0.3) is 0 Å². The van der Waals surface area contributed by atoms with Gasteiger partial charge >= 0.3 is 11.2 Å². The molecular weight excluding hydrogens is 198 g/mol. The summed E-state index contributed by atoms with van der Waals surface area (Å²) >= 11 is 0. The number of nitro groups is 1. The van der Waals surface area contributed by atoms with E-state index in [2.05, 4.69) is 10.3 Å². The first-order valence-corrected chi connectivity index (χ1v) is 4.78. The molecule has 80 valence electrons. The van der Waals surface area contributed by atoms with Crippen LogP contribution < -0.4 is 10.9 Å². The number of hydrogen-bond acceptors (Lipinski definition) is 4. The lowest BCUT2D eigenvalue weighted by molar-refractivity contribution is -0.385. The average molecular weight is 209 g/mol. The van der Waals surface area contributed by atoms with Crippen LogP contribution in [0.15, 0.2) is 17.1 Å². The van der Waals surface area contributed by atoms with E-state index in [1.165, 1.54) is 12.3 Å². The summed E-state index contributed by atoms with van der Waals surface area (Å²) in [6.45, 7) is 0.699. The largest absolute Gasteiger partial charge is 0.379 e. The molecule has 1 aromatic heterocycles. The fraction of sp³-hybridized carbons (Fsp3) is 0.444. The van der Waals surface area contributed by atoms with E-state index >= 15 is 0 Å². The molecule has 1 aromatic rings. The van der Waals surface area contributed by atoms with Crippen molar-refractivity contribution in [3.63, 3.8) is 0 Å². The quantitative estimate of drug-likeness (QED) is 0.574. The zero-order chi connectivity index (χ0) is 10.8. The van der Waals surface area contributed by atoms with Gasteiger partial charge in [-0.3, -0.25) is 14.9 Å². The topological polar surface area (TPSA) is 88.0 Å². The highest BCUT2D eigenvalue weighted by atomic mass is 16.6. The van der Waals surface area contributed by atoms with Crippen LogP contribution in [0.1, 0.15) is 12.8 Å². The molecule has 1 saturated carbocycles. The van der Waals surface area contributed by atoms with E-state index in [9.17, 15) is 14.9 Å². The predicted octanol–water partition coefficient (Wildman–Crippen LogP) is 1.10. The summed E-state index contributed by atoms with van der Waals surface area (Å²) in [6, 6.07) is 1.52. The van der Waals surface area contributed by atoms with E-state index in [0.717, 1.165) is 12.8 Å². The Bertz CT molecular complexity index is 436. The number of nitrogens with one attached hydrogen (secondary N) is 2. The number of pyridine rings is 1. The maximum absolute atomic E-state index is 11.2. The summed E-state index contributed by atoms with van der Waals surface area (Å²) in [5.41, 5.74) is -0.769. The van der Waals surface area contributed by atoms with Gasteiger partial charge < -0.3 is 10.3 Å². The molecule has 0 aromatic carbocycles. The molecule has 2 N–H and O–H groups in total. The maximum Gasteiger partial charge on any atom is 0.356 e. The number of aromatic nitrogens is 1. The van der Waals surface area contributed by atoms with Crippen LogP contribution in [-0.4, -0.2) is 16.5 Å². The smallest absolute Gasteiger partial charge is 0.356 e. The SMILES string of the molecule is O=c1[nH]ccc(NCC2CC2)c1[N+](=O)[O-]. The first-order chi connectivity index (χ1) is 7.18. The van der Waals surface area contributed by atoms with Crippen LogP contribution in [0.5, 0.6) is 0 Å². The van der Waals surface area contributed by atoms with Crippen molar-refractivity contribution in [1.82, 2.24) is 4.98 Å². The minimum atomic E-state index is -0.666. The number of hydrogen-bond donors (Lipinski definition) is 2. The fourth-order valence-electron chi connectivity index (χ4n) is 1.37. The molecule has 1 fully saturated rings. The summed E-state index contributed by atoms with van der Waals surface area (Å²) in [4.78, 5) is 23.5. The van der Waals surface area contributed by atoms with Crippen molar-refractivity contribution in [1.29, 1.82) is 0 Å². The van der Waals surface area contributed by atoms with E-state index in [1.54, 1.807) is 0 Å². The van der Waals surface area contributed by atoms with Crippen LogP contribution >= 0.6 is 0 Å². The number of nitrogens with zero attached hydrogens (tertiary/aromatic N) is 1. The molecule has 0 bridgehead atoms. The van der Waals surface area contributed by atoms with Crippen molar-refractivity contribution in [3.8, 4) is 0 Å². The summed E-state index contributed by atoms with van der Waals surface area (Å²) in [7, 11) is 0. The second-order valence-electron chi connectivity index (χ2n) is 3.65. The molecule has 0 radical (unpaired) electrons. The van der Waals surface area contributed by atoms with Crippen LogP contribution in [-0.2, 0) is 0 Å². The van der Waals surface area contributed by atoms with Gasteiger partial charge in [0.2, 0.25) is 0 Å². The van der Waals surface area contributed by atoms with Gasteiger partial charge in [0.15, 0.2) is 0 Å². The monoisotopic (exact) mass is 209 g/mol. The maximum atomic E-state index is 11.2. The standard InChI is InChI=1S/C9H11N3O3/c13-9-8(12(14)15)7(3-4-10-9)11-5-6-1-2-6/h3-4,6H,1-2,5H2,(H2,10,11,13). The molecular formula is C9H11N3O3. The molecule has 0 atom stereocenters. The second-order valence-corrected chi connectivity index (χ2v) is 3.65. The van der Waals surface area contributed by atoms with Gasteiger partial charge in [0.1, 0.15) is 5.69 Å². The summed E-state index contributed by atoms with van der Waals surface area (Å²) in [5, 5.41) is 13.6. The van der Waals surface area contributed by atoms with E-state index < -0.39 is 16.2 Å². The van der Waals surface area contributed by atoms with Gasteiger partial charge in [-0.05, 0) is 24.8 Å². The van der Waals surface area contributed by atoms with Crippen molar-refractivity contribution in [2.45, 2.75) is 12.8 Å². The molecule has 15 heavy (non-hydrogen) atoms. The van der Waals surface area contributed by atoms with Gasteiger partial charge in [0.05, 0.1) is 4.92 Å². The highest BCUT2D eigenvalue weighted by Gasteiger charge is 2.23. The number of rotatable bonds is 4. The normalized spacial score (nSPS) is 14.9. The minimum absolute atomic E-state index is 0.302. The van der Waals surface area contributed by atoms with Gasteiger partial charge in [-0.15, -0.1) is 0 Å². The molecule has 2 rings (SSSR count). The molecule has 0 amide bonds. The van der Waals surface area contributed by atoms with Crippen LogP contribution in [0.3, 0.4) is 0 Å². The van der Waals surface area contributed by atoms with E-state index in [0.29, 0.717) is 18.2 Å². The fourth-order valence-corrected chi connectivity index (χ4v) is 1.37. The first-order valence-electron chi connectivity index (χ1n) is 4.78. The molecule has 1 aliphatic carbocycles. The van der Waals surface area contributed by atoms with Crippen molar-refractivity contribution < 1.29 is 4.92 Å². The lowest BCUT2D eigenvalue weighted by Crippen LogP contribution is -2.15. The van der Waals surface area contributed by atoms with Crippen molar-refractivity contribution in [3.05, 3.63) is 32.7 Å². The molecule has 6 nitrogen and oxygen atoms in total. The molecule has 0 aliphatic heterocycles. The Morgan fingerprint density at radius 1 is 1.60 bits per heavy atom. The van der Waals surface area contributed by atoms with Gasteiger partial charge in [-0.1, -0.05) is 0 Å². The lowest BCUT2D eigenvalue weighted by atomic mass is 10.3. The van der Waals surface area contributed by atoms with Crippen LogP contribution in [0.2, 0.25) is 0 Å². The second kappa shape index (κ2) is 3.72. The number of H-pyrrole nitrogens is 1. The number of anilines is 1. The summed E-state index contributed by atoms with van der Waals surface area (Å²) in [6.07, 6.45) is 3.72. The Morgan fingerprint density at radius 2 is 2.33 bits per heavy atom. The van der Waals surface area contributed by atoms with Gasteiger partial charge in [0.25, 0.3) is 0 Å². The Labute approximate surface area is 85.5 Å². The van der Waals surface area contributed by atoms with Gasteiger partial charge in [-0.25, -0.2) is 0 Å². The Balaban J connectivity index is 2.23. The first kappa shape index (κ1) is 9.70. The van der Waals surface area contributed by atoms with Crippen molar-refractivity contribution in [2.75, 3.05) is 11.9 Å². The third-order valence-electron chi connectivity index (χ3n) is 2.40. The molecule has 0 saturated heterocycles. The molecule has 0 spiro atoms. The summed E-state index contributed by atoms with van der Waals surface area (Å²) in [5.74, 6) is 0.601. The summed E-state index contributed by atoms with van der Waals surface area (Å²) < 4.78 is 0. The lowest BCUT2D eigenvalue weighted by Gasteiger charge is -2.04. The zero-order valence-electron chi connectivity index (χ0n) is 8.03. The van der Waals surface area contributed by atoms with Crippen molar-refractivity contribution >= 4 is 11.4 Å². The Kier molecular flexibility index (Phi) is 2.40. The molecule has 6 heteroatoms. The Hall–Kier alpha value is -1.85. The Morgan fingerprint density at radius 3 is 2.93 bits per heavy atom. The van der Waals surface area contributed by atoms with Crippen LogP contribution in [0, 0.1) is 16.0 Å². The van der Waals surface area contributed by atoms with Crippen LogP contribution in [0.4, 0.5) is 11.4 Å². The predicted molar refractivity (Wildman–Crippen MR) is 54.9 cm³/mol. The number of aromatic amines is 1. The highest BCUT2D eigenvalue weighted by Crippen LogP contribution is 2.29. The average Bonchev–Trinajstić information content (AvgIpc) is 2.97. The molecule has 1 aliphatic rings.